The largest absolute Gasteiger partial charge is 0.459 e. The van der Waals surface area contributed by atoms with Crippen LogP contribution in [0.25, 0.3) is 5.65 Å². The van der Waals surface area contributed by atoms with E-state index < -0.39 is 5.60 Å². The highest BCUT2D eigenvalue weighted by Crippen LogP contribution is 2.28. The van der Waals surface area contributed by atoms with Crippen molar-refractivity contribution in [1.82, 2.24) is 14.6 Å². The lowest BCUT2D eigenvalue weighted by Gasteiger charge is -2.30. The van der Waals surface area contributed by atoms with Crippen LogP contribution < -0.4 is 9.80 Å². The number of hydrogen-bond acceptors (Lipinski definition) is 7. The van der Waals surface area contributed by atoms with Gasteiger partial charge < -0.3 is 19.3 Å². The fourth-order valence-electron chi connectivity index (χ4n) is 3.79. The highest BCUT2D eigenvalue weighted by molar-refractivity contribution is 5.80. The van der Waals surface area contributed by atoms with Crippen molar-refractivity contribution < 1.29 is 14.3 Å². The van der Waals surface area contributed by atoms with Crippen molar-refractivity contribution in [3.63, 3.8) is 0 Å². The number of rotatable bonds is 6. The van der Waals surface area contributed by atoms with Crippen molar-refractivity contribution in [3.8, 4) is 0 Å². The highest BCUT2D eigenvalue weighted by Gasteiger charge is 2.24. The van der Waals surface area contributed by atoms with Gasteiger partial charge in [-0.3, -0.25) is 4.79 Å². The van der Waals surface area contributed by atoms with E-state index in [2.05, 4.69) is 22.0 Å². The normalized spacial score (nSPS) is 14.6. The van der Waals surface area contributed by atoms with Crippen LogP contribution in [0.5, 0.6) is 0 Å². The fourth-order valence-corrected chi connectivity index (χ4v) is 3.79. The molecule has 1 fully saturated rings. The maximum Gasteiger partial charge on any atom is 0.326 e. The summed E-state index contributed by atoms with van der Waals surface area (Å²) in [6.07, 6.45) is 1.81. The first kappa shape index (κ1) is 22.1. The summed E-state index contributed by atoms with van der Waals surface area (Å²) in [4.78, 5) is 21.7. The number of imidazole rings is 1. The van der Waals surface area contributed by atoms with Gasteiger partial charge in [-0.1, -0.05) is 30.3 Å². The SMILES string of the molecule is Cc1cnc2c(N(CC(=O)OC(C)(C)C)Cc3ccccc3)cc(N3CCOCC3)nn12. The molecule has 1 aromatic carbocycles. The van der Waals surface area contributed by atoms with Crippen LogP contribution in [0.2, 0.25) is 0 Å². The molecule has 1 saturated heterocycles. The standard InChI is InChI=1S/C24H31N5O3/c1-18-15-25-23-20(14-21(26-29(18)23)27-10-12-31-13-11-27)28(16-19-8-6-5-7-9-19)17-22(30)32-24(2,3)4/h5-9,14-15H,10-13,16-17H2,1-4H3. The van der Waals surface area contributed by atoms with E-state index in [-0.39, 0.29) is 12.5 Å². The van der Waals surface area contributed by atoms with Crippen LogP contribution in [-0.4, -0.2) is 59.0 Å². The van der Waals surface area contributed by atoms with Crippen LogP contribution in [-0.2, 0) is 20.8 Å². The molecule has 0 atom stereocenters. The summed E-state index contributed by atoms with van der Waals surface area (Å²) >= 11 is 0. The van der Waals surface area contributed by atoms with Crippen molar-refractivity contribution >= 4 is 23.1 Å². The van der Waals surface area contributed by atoms with Crippen molar-refractivity contribution in [2.45, 2.75) is 39.8 Å². The summed E-state index contributed by atoms with van der Waals surface area (Å²) < 4.78 is 13.0. The molecule has 2 aromatic heterocycles. The van der Waals surface area contributed by atoms with Crippen LogP contribution in [0, 0.1) is 6.92 Å². The molecule has 0 bridgehead atoms. The van der Waals surface area contributed by atoms with Gasteiger partial charge in [-0.2, -0.15) is 0 Å². The molecule has 3 heterocycles. The monoisotopic (exact) mass is 437 g/mol. The third-order valence-electron chi connectivity index (χ3n) is 5.24. The van der Waals surface area contributed by atoms with Crippen LogP contribution in [0.1, 0.15) is 32.0 Å². The number of benzene rings is 1. The quantitative estimate of drug-likeness (QED) is 0.548. The Balaban J connectivity index is 1.75. The number of esters is 1. The number of aryl methyl sites for hydroxylation is 1. The number of carbonyl (C=O) groups is 1. The second-order valence-corrected chi connectivity index (χ2v) is 9.05. The zero-order chi connectivity index (χ0) is 22.7. The Labute approximate surface area is 188 Å². The Hall–Kier alpha value is -3.13. The topological polar surface area (TPSA) is 72.2 Å². The summed E-state index contributed by atoms with van der Waals surface area (Å²) in [5.74, 6) is 0.568. The first-order valence-electron chi connectivity index (χ1n) is 11.0. The molecule has 4 rings (SSSR count). The molecule has 0 radical (unpaired) electrons. The number of ether oxygens (including phenoxy) is 2. The number of carbonyl (C=O) groups excluding carboxylic acids is 1. The molecule has 32 heavy (non-hydrogen) atoms. The molecule has 0 N–H and O–H groups in total. The molecular weight excluding hydrogens is 406 g/mol. The van der Waals surface area contributed by atoms with Crippen molar-refractivity contribution in [3.05, 3.63) is 53.9 Å². The minimum absolute atomic E-state index is 0.111. The van der Waals surface area contributed by atoms with Gasteiger partial charge in [0.15, 0.2) is 11.5 Å². The molecule has 0 amide bonds. The van der Waals surface area contributed by atoms with E-state index in [1.807, 2.05) is 67.6 Å². The van der Waals surface area contributed by atoms with Crippen LogP contribution in [0.4, 0.5) is 11.5 Å². The van der Waals surface area contributed by atoms with E-state index >= 15 is 0 Å². The van der Waals surface area contributed by atoms with E-state index in [4.69, 9.17) is 14.6 Å². The molecule has 8 nitrogen and oxygen atoms in total. The third-order valence-corrected chi connectivity index (χ3v) is 5.24. The molecule has 0 spiro atoms. The van der Waals surface area contributed by atoms with Crippen molar-refractivity contribution in [2.75, 3.05) is 42.6 Å². The van der Waals surface area contributed by atoms with Crippen LogP contribution >= 0.6 is 0 Å². The van der Waals surface area contributed by atoms with Gasteiger partial charge in [0.2, 0.25) is 0 Å². The predicted molar refractivity (Wildman–Crippen MR) is 124 cm³/mol. The first-order valence-corrected chi connectivity index (χ1v) is 11.0. The van der Waals surface area contributed by atoms with Crippen LogP contribution in [0.3, 0.4) is 0 Å². The van der Waals surface area contributed by atoms with E-state index in [0.717, 1.165) is 41.5 Å². The minimum Gasteiger partial charge on any atom is -0.459 e. The lowest BCUT2D eigenvalue weighted by atomic mass is 10.2. The predicted octanol–water partition coefficient (Wildman–Crippen LogP) is 3.22. The van der Waals surface area contributed by atoms with Crippen LogP contribution in [0.15, 0.2) is 42.6 Å². The Morgan fingerprint density at radius 3 is 2.59 bits per heavy atom. The molecular formula is C24H31N5O3. The summed E-state index contributed by atoms with van der Waals surface area (Å²) in [6, 6.07) is 12.1. The Morgan fingerprint density at radius 1 is 1.19 bits per heavy atom. The first-order chi connectivity index (χ1) is 15.3. The molecule has 170 valence electrons. The Morgan fingerprint density at radius 2 is 1.91 bits per heavy atom. The van der Waals surface area contributed by atoms with E-state index in [9.17, 15) is 4.79 Å². The third kappa shape index (κ3) is 5.19. The fraction of sp³-hybridized carbons (Fsp3) is 0.458. The molecule has 0 unspecified atom stereocenters. The molecule has 8 heteroatoms. The Kier molecular flexibility index (Phi) is 6.32. The smallest absolute Gasteiger partial charge is 0.326 e. The zero-order valence-corrected chi connectivity index (χ0v) is 19.2. The lowest BCUT2D eigenvalue weighted by molar-refractivity contribution is -0.153. The summed E-state index contributed by atoms with van der Waals surface area (Å²) in [5.41, 5.74) is 3.06. The average Bonchev–Trinajstić information content (AvgIpc) is 3.13. The van der Waals surface area contributed by atoms with Gasteiger partial charge in [-0.05, 0) is 33.3 Å². The average molecular weight is 438 g/mol. The van der Waals surface area contributed by atoms with Gasteiger partial charge in [0.25, 0.3) is 0 Å². The van der Waals surface area contributed by atoms with Crippen molar-refractivity contribution in [2.24, 2.45) is 0 Å². The number of hydrogen-bond donors (Lipinski definition) is 0. The number of nitrogens with zero attached hydrogens (tertiary/aromatic N) is 5. The molecule has 1 aliphatic heterocycles. The van der Waals surface area contributed by atoms with E-state index in [1.165, 1.54) is 0 Å². The second-order valence-electron chi connectivity index (χ2n) is 9.05. The maximum absolute atomic E-state index is 12.8. The molecule has 0 saturated carbocycles. The molecule has 0 aliphatic carbocycles. The van der Waals surface area contributed by atoms with E-state index in [0.29, 0.717) is 19.8 Å². The van der Waals surface area contributed by atoms with Crippen molar-refractivity contribution in [1.29, 1.82) is 0 Å². The number of fused-ring (bicyclic) bond motifs is 1. The number of aromatic nitrogens is 3. The lowest BCUT2D eigenvalue weighted by Crippen LogP contribution is -2.38. The highest BCUT2D eigenvalue weighted by atomic mass is 16.6. The van der Waals surface area contributed by atoms with Gasteiger partial charge >= 0.3 is 5.97 Å². The zero-order valence-electron chi connectivity index (χ0n) is 19.2. The van der Waals surface area contributed by atoms with Gasteiger partial charge in [0, 0.05) is 25.7 Å². The molecule has 1 aliphatic rings. The summed E-state index contributed by atoms with van der Waals surface area (Å²) in [7, 11) is 0. The van der Waals surface area contributed by atoms with Gasteiger partial charge in [-0.25, -0.2) is 9.50 Å². The number of anilines is 2. The second kappa shape index (κ2) is 9.16. The summed E-state index contributed by atoms with van der Waals surface area (Å²) in [5, 5.41) is 4.83. The van der Waals surface area contributed by atoms with Gasteiger partial charge in [-0.15, -0.1) is 5.10 Å². The minimum atomic E-state index is -0.550. The van der Waals surface area contributed by atoms with Gasteiger partial charge in [0.1, 0.15) is 12.1 Å². The maximum atomic E-state index is 12.8. The molecule has 3 aromatic rings. The Bertz CT molecular complexity index is 1070. The summed E-state index contributed by atoms with van der Waals surface area (Å²) in [6.45, 7) is 11.2. The number of morpholine rings is 1. The van der Waals surface area contributed by atoms with Gasteiger partial charge in [0.05, 0.1) is 30.8 Å². The van der Waals surface area contributed by atoms with E-state index in [1.54, 1.807) is 0 Å².